The SMILES string of the molecule is Cc1cc([N+](=O)[O-])nn1C(C)C(=O)Nc1nn(Cc2c(F)cccc2Cl)cc1Br. The summed E-state index contributed by atoms with van der Waals surface area (Å²) in [5, 5.41) is 21.8. The maximum absolute atomic E-state index is 14.0. The molecule has 2 aromatic heterocycles. The van der Waals surface area contributed by atoms with E-state index in [1.807, 2.05) is 0 Å². The third-order valence-corrected chi connectivity index (χ3v) is 5.12. The Balaban J connectivity index is 1.77. The third-order valence-electron chi connectivity index (χ3n) is 4.18. The van der Waals surface area contributed by atoms with Crippen LogP contribution in [-0.4, -0.2) is 30.4 Å². The lowest BCUT2D eigenvalue weighted by atomic mass is 10.2. The van der Waals surface area contributed by atoms with Crippen LogP contribution in [-0.2, 0) is 11.3 Å². The molecule has 9 nitrogen and oxygen atoms in total. The summed E-state index contributed by atoms with van der Waals surface area (Å²) in [5.41, 5.74) is 0.744. The van der Waals surface area contributed by atoms with E-state index in [9.17, 15) is 19.3 Å². The second-order valence-corrected chi connectivity index (χ2v) is 7.50. The van der Waals surface area contributed by atoms with E-state index < -0.39 is 22.7 Å². The van der Waals surface area contributed by atoms with Gasteiger partial charge >= 0.3 is 5.82 Å². The predicted molar refractivity (Wildman–Crippen MR) is 107 cm³/mol. The van der Waals surface area contributed by atoms with Gasteiger partial charge in [-0.2, -0.15) is 9.78 Å². The highest BCUT2D eigenvalue weighted by Crippen LogP contribution is 2.25. The van der Waals surface area contributed by atoms with Crippen LogP contribution >= 0.6 is 27.5 Å². The number of halogens is 3. The Kier molecular flexibility index (Phi) is 5.99. The monoisotopic (exact) mass is 484 g/mol. The van der Waals surface area contributed by atoms with Crippen molar-refractivity contribution in [3.63, 3.8) is 0 Å². The number of nitrogens with one attached hydrogen (secondary N) is 1. The summed E-state index contributed by atoms with van der Waals surface area (Å²) in [7, 11) is 0. The number of carbonyl (C=O) groups excluding carboxylic acids is 1. The van der Waals surface area contributed by atoms with Gasteiger partial charge in [0.15, 0.2) is 5.82 Å². The van der Waals surface area contributed by atoms with Crippen LogP contribution in [0.2, 0.25) is 5.02 Å². The van der Waals surface area contributed by atoms with Gasteiger partial charge < -0.3 is 15.4 Å². The molecule has 0 fully saturated rings. The molecule has 29 heavy (non-hydrogen) atoms. The number of rotatable bonds is 6. The molecule has 1 amide bonds. The fourth-order valence-electron chi connectivity index (χ4n) is 2.69. The highest BCUT2D eigenvalue weighted by molar-refractivity contribution is 9.10. The first-order valence-corrected chi connectivity index (χ1v) is 9.51. The second kappa shape index (κ2) is 8.29. The molecule has 0 aliphatic carbocycles. The first-order chi connectivity index (χ1) is 13.7. The number of nitro groups is 1. The van der Waals surface area contributed by atoms with E-state index >= 15 is 0 Å². The number of hydrogen-bond acceptors (Lipinski definition) is 5. The first-order valence-electron chi connectivity index (χ1n) is 8.34. The molecular weight excluding hydrogens is 471 g/mol. The Hall–Kier alpha value is -2.79. The summed E-state index contributed by atoms with van der Waals surface area (Å²) in [6.45, 7) is 3.25. The van der Waals surface area contributed by atoms with Gasteiger partial charge in [-0.3, -0.25) is 9.48 Å². The normalized spacial score (nSPS) is 12.0. The van der Waals surface area contributed by atoms with E-state index in [4.69, 9.17) is 11.6 Å². The molecule has 3 aromatic rings. The molecule has 2 heterocycles. The molecule has 1 aromatic carbocycles. The molecule has 152 valence electrons. The molecule has 0 saturated carbocycles. The Bertz CT molecular complexity index is 1080. The van der Waals surface area contributed by atoms with Crippen molar-refractivity contribution in [2.24, 2.45) is 0 Å². The molecule has 0 aliphatic heterocycles. The minimum absolute atomic E-state index is 0.0694. The number of carbonyl (C=O) groups is 1. The third kappa shape index (κ3) is 4.46. The predicted octanol–water partition coefficient (Wildman–Crippen LogP) is 4.10. The number of anilines is 1. The summed E-state index contributed by atoms with van der Waals surface area (Å²) in [5.74, 6) is -1.05. The van der Waals surface area contributed by atoms with Crippen molar-refractivity contribution in [1.82, 2.24) is 19.6 Å². The fourth-order valence-corrected chi connectivity index (χ4v) is 3.33. The van der Waals surface area contributed by atoms with Crippen molar-refractivity contribution in [3.8, 4) is 0 Å². The second-order valence-electron chi connectivity index (χ2n) is 6.23. The average Bonchev–Trinajstić information content (AvgIpc) is 3.20. The van der Waals surface area contributed by atoms with E-state index in [0.717, 1.165) is 0 Å². The number of amides is 1. The lowest BCUT2D eigenvalue weighted by Gasteiger charge is -2.10. The molecule has 3 rings (SSSR count). The van der Waals surface area contributed by atoms with Crippen molar-refractivity contribution in [1.29, 1.82) is 0 Å². The van der Waals surface area contributed by atoms with Gasteiger partial charge in [0.1, 0.15) is 11.9 Å². The van der Waals surface area contributed by atoms with Crippen LogP contribution in [0.3, 0.4) is 0 Å². The topological polar surface area (TPSA) is 108 Å². The van der Waals surface area contributed by atoms with E-state index in [1.165, 1.54) is 27.6 Å². The standard InChI is InChI=1S/C17H15BrClFN6O3/c1-9-6-15(26(28)29)22-25(9)10(2)17(27)21-16-12(18)8-24(23-16)7-11-13(19)4-3-5-14(11)20/h3-6,8,10H,7H2,1-2H3,(H,21,23,27). The Morgan fingerprint density at radius 3 is 2.79 bits per heavy atom. The van der Waals surface area contributed by atoms with Crippen molar-refractivity contribution in [3.05, 3.63) is 67.1 Å². The van der Waals surface area contributed by atoms with Crippen molar-refractivity contribution in [2.45, 2.75) is 26.4 Å². The van der Waals surface area contributed by atoms with Crippen molar-refractivity contribution in [2.75, 3.05) is 5.32 Å². The smallest absolute Gasteiger partial charge is 0.358 e. The first kappa shape index (κ1) is 20.9. The maximum atomic E-state index is 14.0. The lowest BCUT2D eigenvalue weighted by molar-refractivity contribution is -0.389. The lowest BCUT2D eigenvalue weighted by Crippen LogP contribution is -2.25. The Morgan fingerprint density at radius 2 is 2.17 bits per heavy atom. The van der Waals surface area contributed by atoms with Crippen molar-refractivity contribution >= 4 is 45.1 Å². The molecule has 1 atom stereocenters. The summed E-state index contributed by atoms with van der Waals surface area (Å²) < 4.78 is 17.1. The van der Waals surface area contributed by atoms with Crippen LogP contribution in [0, 0.1) is 22.9 Å². The molecule has 0 aliphatic rings. The molecule has 0 bridgehead atoms. The van der Waals surface area contributed by atoms with E-state index in [2.05, 4.69) is 31.4 Å². The van der Waals surface area contributed by atoms with Crippen LogP contribution in [0.1, 0.15) is 24.2 Å². The molecule has 1 N–H and O–H groups in total. The maximum Gasteiger partial charge on any atom is 0.390 e. The minimum atomic E-state index is -0.818. The van der Waals surface area contributed by atoms with E-state index in [1.54, 1.807) is 26.1 Å². The fraction of sp³-hybridized carbons (Fsp3) is 0.235. The Labute approximate surface area is 177 Å². The summed E-state index contributed by atoms with van der Waals surface area (Å²) in [6, 6.07) is 4.85. The number of aromatic nitrogens is 4. The highest BCUT2D eigenvalue weighted by atomic mass is 79.9. The molecule has 12 heteroatoms. The van der Waals surface area contributed by atoms with Gasteiger partial charge in [0.25, 0.3) is 5.91 Å². The largest absolute Gasteiger partial charge is 0.390 e. The van der Waals surface area contributed by atoms with Gasteiger partial charge in [0.05, 0.1) is 27.9 Å². The molecule has 0 radical (unpaired) electrons. The van der Waals surface area contributed by atoms with Crippen LogP contribution in [0.25, 0.3) is 0 Å². The van der Waals surface area contributed by atoms with E-state index in [0.29, 0.717) is 10.2 Å². The van der Waals surface area contributed by atoms with Crippen LogP contribution in [0.15, 0.2) is 34.9 Å². The van der Waals surface area contributed by atoms with Gasteiger partial charge in [-0.1, -0.05) is 17.7 Å². The summed E-state index contributed by atoms with van der Waals surface area (Å²) in [6.07, 6.45) is 1.58. The minimum Gasteiger partial charge on any atom is -0.358 e. The number of hydrogen-bond donors (Lipinski definition) is 1. The van der Waals surface area contributed by atoms with Gasteiger partial charge in [-0.15, -0.1) is 0 Å². The summed E-state index contributed by atoms with van der Waals surface area (Å²) >= 11 is 9.34. The Morgan fingerprint density at radius 1 is 1.45 bits per heavy atom. The zero-order chi connectivity index (χ0) is 21.3. The molecule has 1 unspecified atom stereocenters. The average molecular weight is 486 g/mol. The summed E-state index contributed by atoms with van der Waals surface area (Å²) in [4.78, 5) is 22.8. The zero-order valence-electron chi connectivity index (χ0n) is 15.3. The quantitative estimate of drug-likeness (QED) is 0.418. The number of aryl methyl sites for hydroxylation is 1. The number of nitrogens with zero attached hydrogens (tertiary/aromatic N) is 5. The van der Waals surface area contributed by atoms with Gasteiger partial charge in [-0.25, -0.2) is 4.39 Å². The van der Waals surface area contributed by atoms with Crippen molar-refractivity contribution < 1.29 is 14.1 Å². The molecular formula is C17H15BrClFN6O3. The van der Waals surface area contributed by atoms with Gasteiger partial charge in [0.2, 0.25) is 0 Å². The van der Waals surface area contributed by atoms with Gasteiger partial charge in [0, 0.05) is 16.8 Å². The van der Waals surface area contributed by atoms with E-state index in [-0.39, 0.29) is 28.8 Å². The van der Waals surface area contributed by atoms with Crippen LogP contribution in [0.5, 0.6) is 0 Å². The molecule has 0 spiro atoms. The van der Waals surface area contributed by atoms with Crippen LogP contribution in [0.4, 0.5) is 16.0 Å². The molecule has 0 saturated heterocycles. The number of benzene rings is 1. The highest BCUT2D eigenvalue weighted by Gasteiger charge is 2.25. The zero-order valence-corrected chi connectivity index (χ0v) is 17.6. The van der Waals surface area contributed by atoms with Gasteiger partial charge in [-0.05, 0) is 46.8 Å². The van der Waals surface area contributed by atoms with Crippen LogP contribution < -0.4 is 5.32 Å².